The largest absolute Gasteiger partial charge is 0.493 e. The summed E-state index contributed by atoms with van der Waals surface area (Å²) in [5.74, 6) is 2.78. The first-order valence-electron chi connectivity index (χ1n) is 9.42. The maximum atomic E-state index is 6.30. The second-order valence-corrected chi connectivity index (χ2v) is 8.35. The van der Waals surface area contributed by atoms with E-state index in [2.05, 4.69) is 10.1 Å². The van der Waals surface area contributed by atoms with Crippen molar-refractivity contribution in [2.45, 2.75) is 10.6 Å². The van der Waals surface area contributed by atoms with Crippen molar-refractivity contribution in [1.29, 1.82) is 0 Å². The molecule has 0 fully saturated rings. The summed E-state index contributed by atoms with van der Waals surface area (Å²) in [5.41, 5.74) is 1.97. The second-order valence-electron chi connectivity index (χ2n) is 6.93. The van der Waals surface area contributed by atoms with Crippen LogP contribution in [-0.2, 0) is 10.6 Å². The molecule has 0 aliphatic carbocycles. The molecule has 0 spiro atoms. The fourth-order valence-corrected chi connectivity index (χ4v) is 5.16. The van der Waals surface area contributed by atoms with Crippen molar-refractivity contribution in [3.05, 3.63) is 88.4 Å². The number of rotatable bonds is 4. The van der Waals surface area contributed by atoms with Crippen LogP contribution in [0, 0.1) is 0 Å². The van der Waals surface area contributed by atoms with Crippen molar-refractivity contribution in [3.8, 4) is 11.5 Å². The van der Waals surface area contributed by atoms with Crippen molar-refractivity contribution >= 4 is 29.2 Å². The monoisotopic (exact) mass is 438 g/mol. The molecule has 2 heterocycles. The quantitative estimate of drug-likeness (QED) is 0.551. The van der Waals surface area contributed by atoms with Gasteiger partial charge in [0.1, 0.15) is 0 Å². The van der Waals surface area contributed by atoms with E-state index in [1.165, 1.54) is 0 Å². The number of methoxy groups -OCH3 is 2. The Morgan fingerprint density at radius 1 is 1.00 bits per heavy atom. The average molecular weight is 439 g/mol. The molecule has 0 saturated carbocycles. The third-order valence-corrected chi connectivity index (χ3v) is 6.66. The molecule has 0 bridgehead atoms. The first-order chi connectivity index (χ1) is 14.7. The molecule has 0 amide bonds. The molecule has 152 valence electrons. The number of ether oxygens (including phenoxy) is 2. The number of nitrogens with zero attached hydrogens (tertiary/aromatic N) is 2. The van der Waals surface area contributed by atoms with E-state index >= 15 is 0 Å². The smallest absolute Gasteiger partial charge is 0.265 e. The lowest BCUT2D eigenvalue weighted by Crippen LogP contribution is -2.49. The first-order valence-corrected chi connectivity index (χ1v) is 10.8. The van der Waals surface area contributed by atoms with Gasteiger partial charge in [-0.15, -0.1) is 11.8 Å². The minimum absolute atomic E-state index is 0.642. The highest BCUT2D eigenvalue weighted by atomic mass is 35.5. The van der Waals surface area contributed by atoms with E-state index in [0.717, 1.165) is 27.4 Å². The Kier molecular flexibility index (Phi) is 4.76. The van der Waals surface area contributed by atoms with Gasteiger partial charge in [-0.1, -0.05) is 59.2 Å². The van der Waals surface area contributed by atoms with Crippen LogP contribution in [0.15, 0.2) is 76.8 Å². The minimum atomic E-state index is -0.921. The lowest BCUT2D eigenvalue weighted by atomic mass is 9.91. The molecule has 1 atom stereocenters. The SMILES string of the molecule is COc1cc2c(cc1OC)[C@@]1(c3ccc(Cl)cc3)ON=C(c3ccccc3)N1CS2. The average Bonchev–Trinajstić information content (AvgIpc) is 3.20. The van der Waals surface area contributed by atoms with Crippen LogP contribution in [0.1, 0.15) is 16.7 Å². The van der Waals surface area contributed by atoms with Gasteiger partial charge in [0, 0.05) is 26.6 Å². The topological polar surface area (TPSA) is 43.3 Å². The number of oxime groups is 1. The van der Waals surface area contributed by atoms with E-state index in [9.17, 15) is 0 Å². The summed E-state index contributed by atoms with van der Waals surface area (Å²) in [5, 5.41) is 5.21. The summed E-state index contributed by atoms with van der Waals surface area (Å²) in [6.07, 6.45) is 0. The van der Waals surface area contributed by atoms with Crippen LogP contribution in [0.3, 0.4) is 0 Å². The lowest BCUT2D eigenvalue weighted by Gasteiger charge is -2.42. The third kappa shape index (κ3) is 2.82. The number of fused-ring (bicyclic) bond motifs is 3. The van der Waals surface area contributed by atoms with Crippen LogP contribution in [0.5, 0.6) is 11.5 Å². The number of halogens is 1. The summed E-state index contributed by atoms with van der Waals surface area (Å²) >= 11 is 7.89. The fraction of sp³-hybridized carbons (Fsp3) is 0.174. The molecule has 2 aliphatic rings. The molecule has 30 heavy (non-hydrogen) atoms. The van der Waals surface area contributed by atoms with E-state index in [0.29, 0.717) is 22.4 Å². The van der Waals surface area contributed by atoms with Gasteiger partial charge >= 0.3 is 0 Å². The van der Waals surface area contributed by atoms with Crippen molar-refractivity contribution in [3.63, 3.8) is 0 Å². The number of hydrogen-bond acceptors (Lipinski definition) is 6. The Labute approximate surface area is 184 Å². The fourth-order valence-electron chi connectivity index (χ4n) is 3.92. The molecule has 2 aliphatic heterocycles. The van der Waals surface area contributed by atoms with Crippen LogP contribution < -0.4 is 9.47 Å². The van der Waals surface area contributed by atoms with Gasteiger partial charge in [-0.2, -0.15) is 0 Å². The molecule has 3 aromatic rings. The van der Waals surface area contributed by atoms with Crippen molar-refractivity contribution in [2.24, 2.45) is 5.16 Å². The first kappa shape index (κ1) is 19.2. The molecule has 0 unspecified atom stereocenters. The number of hydrogen-bond donors (Lipinski definition) is 0. The van der Waals surface area contributed by atoms with Gasteiger partial charge in [0.25, 0.3) is 5.72 Å². The number of amidine groups is 1. The van der Waals surface area contributed by atoms with Gasteiger partial charge < -0.3 is 14.3 Å². The van der Waals surface area contributed by atoms with E-state index < -0.39 is 5.72 Å². The summed E-state index contributed by atoms with van der Waals surface area (Å²) in [7, 11) is 3.27. The highest BCUT2D eigenvalue weighted by molar-refractivity contribution is 7.99. The molecule has 0 saturated heterocycles. The standard InChI is InChI=1S/C23H19ClN2O3S/c1-27-19-12-18-21(13-20(19)28-2)30-14-26-22(15-6-4-3-5-7-15)25-29-23(18,26)16-8-10-17(24)11-9-16/h3-13H,14H2,1-2H3/t23-/m1/s1. The highest BCUT2D eigenvalue weighted by Gasteiger charge is 2.53. The zero-order valence-corrected chi connectivity index (χ0v) is 18.0. The summed E-state index contributed by atoms with van der Waals surface area (Å²) < 4.78 is 11.1. The molecule has 0 aromatic heterocycles. The Hall–Kier alpha value is -2.83. The van der Waals surface area contributed by atoms with Crippen molar-refractivity contribution in [2.75, 3.05) is 20.1 Å². The third-order valence-electron chi connectivity index (χ3n) is 5.37. The van der Waals surface area contributed by atoms with Crippen LogP contribution in [0.2, 0.25) is 5.02 Å². The van der Waals surface area contributed by atoms with Gasteiger partial charge in [0.15, 0.2) is 17.3 Å². The van der Waals surface area contributed by atoms with Gasteiger partial charge in [0.2, 0.25) is 0 Å². The molecule has 5 rings (SSSR count). The second kappa shape index (κ2) is 7.45. The highest BCUT2D eigenvalue weighted by Crippen LogP contribution is 2.52. The number of benzene rings is 3. The normalized spacial score (nSPS) is 19.4. The predicted molar refractivity (Wildman–Crippen MR) is 118 cm³/mol. The van der Waals surface area contributed by atoms with E-state index in [-0.39, 0.29) is 0 Å². The maximum Gasteiger partial charge on any atom is 0.265 e. The van der Waals surface area contributed by atoms with E-state index in [4.69, 9.17) is 25.9 Å². The zero-order valence-electron chi connectivity index (χ0n) is 16.5. The summed E-state index contributed by atoms with van der Waals surface area (Å²) in [6.45, 7) is 0. The van der Waals surface area contributed by atoms with Crippen LogP contribution in [0.25, 0.3) is 0 Å². The molecule has 5 nitrogen and oxygen atoms in total. The van der Waals surface area contributed by atoms with E-state index in [1.54, 1.807) is 26.0 Å². The van der Waals surface area contributed by atoms with Crippen molar-refractivity contribution < 1.29 is 14.3 Å². The molecular weight excluding hydrogens is 420 g/mol. The van der Waals surface area contributed by atoms with Crippen LogP contribution in [0.4, 0.5) is 0 Å². The lowest BCUT2D eigenvalue weighted by molar-refractivity contribution is -0.0683. The minimum Gasteiger partial charge on any atom is -0.493 e. The summed E-state index contributed by atoms with van der Waals surface area (Å²) in [6, 6.07) is 21.7. The van der Waals surface area contributed by atoms with E-state index in [1.807, 2.05) is 66.7 Å². The molecule has 7 heteroatoms. The zero-order chi connectivity index (χ0) is 20.7. The van der Waals surface area contributed by atoms with Gasteiger partial charge in [-0.25, -0.2) is 0 Å². The maximum absolute atomic E-state index is 6.30. The van der Waals surface area contributed by atoms with Gasteiger partial charge in [-0.05, 0) is 24.3 Å². The Bertz CT molecular complexity index is 1120. The molecule has 0 radical (unpaired) electrons. The van der Waals surface area contributed by atoms with Gasteiger partial charge in [-0.3, -0.25) is 4.90 Å². The van der Waals surface area contributed by atoms with Gasteiger partial charge in [0.05, 0.1) is 20.1 Å². The predicted octanol–water partition coefficient (Wildman–Crippen LogP) is 5.32. The molecular formula is C23H19ClN2O3S. The Morgan fingerprint density at radius 3 is 2.40 bits per heavy atom. The Balaban J connectivity index is 1.73. The Morgan fingerprint density at radius 2 is 1.70 bits per heavy atom. The van der Waals surface area contributed by atoms with Crippen LogP contribution >= 0.6 is 23.4 Å². The van der Waals surface area contributed by atoms with Crippen molar-refractivity contribution in [1.82, 2.24) is 4.90 Å². The molecule has 0 N–H and O–H groups in total. The van der Waals surface area contributed by atoms with Crippen LogP contribution in [-0.4, -0.2) is 30.8 Å². The summed E-state index contributed by atoms with van der Waals surface area (Å²) in [4.78, 5) is 9.54. The number of thioether (sulfide) groups is 1. The molecule has 3 aromatic carbocycles.